The third-order valence-electron chi connectivity index (χ3n) is 3.36. The lowest BCUT2D eigenvalue weighted by atomic mass is 9.95. The first-order chi connectivity index (χ1) is 10.3. The Morgan fingerprint density at radius 2 is 1.82 bits per heavy atom. The second-order valence-electron chi connectivity index (χ2n) is 5.10. The highest BCUT2D eigenvalue weighted by molar-refractivity contribution is 7.49. The average molecular weight is 323 g/mol. The zero-order valence-corrected chi connectivity index (χ0v) is 12.8. The van der Waals surface area contributed by atoms with Crippen LogP contribution in [-0.4, -0.2) is 20.7 Å². The maximum Gasteiger partial charge on any atom is 0.427 e. The summed E-state index contributed by atoms with van der Waals surface area (Å²) in [6, 6.07) is 6.82. The smallest absolute Gasteiger partial charge is 0.427 e. The third kappa shape index (κ3) is 4.84. The molecule has 0 radical (unpaired) electrons. The first-order valence-electron chi connectivity index (χ1n) is 6.90. The van der Waals surface area contributed by atoms with Gasteiger partial charge in [0.25, 0.3) is 0 Å². The Hall–Kier alpha value is -1.88. The lowest BCUT2D eigenvalue weighted by molar-refractivity contribution is -0.111. The number of phenols is 1. The topological polar surface area (TPSA) is 107 Å². The molecule has 1 aromatic carbocycles. The number of carbonyl (C=O) groups is 1. The summed E-state index contributed by atoms with van der Waals surface area (Å²) >= 11 is 0. The summed E-state index contributed by atoms with van der Waals surface area (Å²) in [4.78, 5) is 29.9. The van der Waals surface area contributed by atoms with Crippen molar-refractivity contribution in [1.29, 1.82) is 0 Å². The van der Waals surface area contributed by atoms with Crippen LogP contribution in [0.25, 0.3) is 0 Å². The molecule has 4 N–H and O–H groups in total. The van der Waals surface area contributed by atoms with Crippen LogP contribution in [0.2, 0.25) is 0 Å². The normalized spacial score (nSPS) is 15.3. The number of hydrogen-bond acceptors (Lipinski definition) is 3. The minimum atomic E-state index is -4.42. The highest BCUT2D eigenvalue weighted by atomic mass is 31.2. The highest BCUT2D eigenvalue weighted by Gasteiger charge is 2.21. The van der Waals surface area contributed by atoms with E-state index >= 15 is 0 Å². The molecular formula is C15H18NO5P. The molecule has 0 atom stereocenters. The van der Waals surface area contributed by atoms with Crippen molar-refractivity contribution in [2.75, 3.05) is 0 Å². The lowest BCUT2D eigenvalue weighted by Crippen LogP contribution is -2.18. The van der Waals surface area contributed by atoms with E-state index in [0.717, 1.165) is 5.56 Å². The van der Waals surface area contributed by atoms with Gasteiger partial charge in [0.2, 0.25) is 0 Å². The quantitative estimate of drug-likeness (QED) is 0.598. The standard InChI is InChI=1S/C15H18NO5P/c17-12-9-7-11(8-10-12)3-1-4-13-14(16-22(19,20)21)5-2-6-15(13)18/h2,6-10,17H,1,3-5H2,(H3,16,19,20,21). The van der Waals surface area contributed by atoms with E-state index < -0.39 is 7.75 Å². The van der Waals surface area contributed by atoms with Gasteiger partial charge in [-0.15, -0.1) is 0 Å². The maximum atomic E-state index is 11.9. The van der Waals surface area contributed by atoms with E-state index in [1.54, 1.807) is 30.3 Å². The van der Waals surface area contributed by atoms with E-state index in [-0.39, 0.29) is 11.5 Å². The fourth-order valence-electron chi connectivity index (χ4n) is 2.35. The number of ketones is 1. The number of aryl methyl sites for hydroxylation is 1. The SMILES string of the molecule is O=C1C=CCC(NP(=O)(O)O)=C1CCCc1ccc(O)cc1. The number of benzene rings is 1. The van der Waals surface area contributed by atoms with Crippen LogP contribution in [0, 0.1) is 0 Å². The Labute approximate surface area is 128 Å². The summed E-state index contributed by atoms with van der Waals surface area (Å²) < 4.78 is 11.1. The molecule has 22 heavy (non-hydrogen) atoms. The Bertz CT molecular complexity index is 657. The zero-order valence-electron chi connectivity index (χ0n) is 11.9. The Kier molecular flexibility index (Phi) is 5.19. The van der Waals surface area contributed by atoms with E-state index in [2.05, 4.69) is 5.09 Å². The van der Waals surface area contributed by atoms with Crippen molar-refractivity contribution in [3.63, 3.8) is 0 Å². The van der Waals surface area contributed by atoms with Crippen LogP contribution in [0.1, 0.15) is 24.8 Å². The first-order valence-corrected chi connectivity index (χ1v) is 8.51. The van der Waals surface area contributed by atoms with Crippen LogP contribution >= 0.6 is 7.75 Å². The van der Waals surface area contributed by atoms with Crippen molar-refractivity contribution in [3.05, 3.63) is 53.3 Å². The Morgan fingerprint density at radius 3 is 2.45 bits per heavy atom. The molecule has 0 fully saturated rings. The molecule has 1 aliphatic rings. The van der Waals surface area contributed by atoms with Gasteiger partial charge < -0.3 is 14.9 Å². The summed E-state index contributed by atoms with van der Waals surface area (Å²) in [6.45, 7) is 0. The minimum absolute atomic E-state index is 0.201. The van der Waals surface area contributed by atoms with E-state index in [1.165, 1.54) is 6.08 Å². The summed E-state index contributed by atoms with van der Waals surface area (Å²) in [7, 11) is -4.42. The molecule has 0 spiro atoms. The molecule has 2 rings (SSSR count). The van der Waals surface area contributed by atoms with Crippen molar-refractivity contribution in [2.45, 2.75) is 25.7 Å². The van der Waals surface area contributed by atoms with Crippen LogP contribution in [-0.2, 0) is 15.8 Å². The number of aromatic hydroxyl groups is 1. The second kappa shape index (κ2) is 6.92. The number of allylic oxidation sites excluding steroid dienone is 3. The molecule has 1 aliphatic carbocycles. The van der Waals surface area contributed by atoms with Gasteiger partial charge in [-0.2, -0.15) is 0 Å². The van der Waals surface area contributed by atoms with Crippen LogP contribution in [0.3, 0.4) is 0 Å². The molecule has 6 nitrogen and oxygen atoms in total. The molecule has 0 saturated heterocycles. The summed E-state index contributed by atoms with van der Waals surface area (Å²) in [6.07, 6.45) is 5.15. The van der Waals surface area contributed by atoms with Crippen molar-refractivity contribution >= 4 is 13.5 Å². The van der Waals surface area contributed by atoms with Crippen LogP contribution in [0.5, 0.6) is 5.75 Å². The van der Waals surface area contributed by atoms with E-state index in [4.69, 9.17) is 9.79 Å². The van der Waals surface area contributed by atoms with Crippen molar-refractivity contribution in [2.24, 2.45) is 0 Å². The van der Waals surface area contributed by atoms with Crippen molar-refractivity contribution in [3.8, 4) is 5.75 Å². The largest absolute Gasteiger partial charge is 0.508 e. The van der Waals surface area contributed by atoms with Gasteiger partial charge in [0.05, 0.1) is 0 Å². The van der Waals surface area contributed by atoms with Crippen molar-refractivity contribution < 1.29 is 24.3 Å². The summed E-state index contributed by atoms with van der Waals surface area (Å²) in [5, 5.41) is 11.4. The number of rotatable bonds is 6. The molecule has 0 unspecified atom stereocenters. The summed E-state index contributed by atoms with van der Waals surface area (Å²) in [5.41, 5.74) is 1.75. The fourth-order valence-corrected chi connectivity index (χ4v) is 2.93. The molecule has 118 valence electrons. The number of phenolic OH excluding ortho intramolecular Hbond substituents is 1. The monoisotopic (exact) mass is 323 g/mol. The van der Waals surface area contributed by atoms with Gasteiger partial charge in [-0.1, -0.05) is 18.2 Å². The molecule has 0 bridgehead atoms. The molecule has 1 aromatic rings. The third-order valence-corrected chi connectivity index (χ3v) is 3.92. The van der Waals surface area contributed by atoms with Crippen LogP contribution in [0.15, 0.2) is 47.7 Å². The number of carbonyl (C=O) groups excluding carboxylic acids is 1. The molecule has 7 heteroatoms. The predicted octanol–water partition coefficient (Wildman–Crippen LogP) is 2.18. The van der Waals surface area contributed by atoms with Crippen molar-refractivity contribution in [1.82, 2.24) is 5.09 Å². The van der Waals surface area contributed by atoms with Gasteiger partial charge in [-0.05, 0) is 43.0 Å². The lowest BCUT2D eigenvalue weighted by Gasteiger charge is -2.18. The van der Waals surface area contributed by atoms with Gasteiger partial charge in [0.15, 0.2) is 5.78 Å². The Balaban J connectivity index is 2.02. The van der Waals surface area contributed by atoms with Crippen LogP contribution in [0.4, 0.5) is 0 Å². The summed E-state index contributed by atoms with van der Waals surface area (Å²) in [5.74, 6) is -0.0138. The van der Waals surface area contributed by atoms with E-state index in [9.17, 15) is 14.5 Å². The molecule has 0 aliphatic heterocycles. The Morgan fingerprint density at radius 1 is 1.14 bits per heavy atom. The molecule has 0 aromatic heterocycles. The van der Waals surface area contributed by atoms with E-state index in [1.807, 2.05) is 0 Å². The molecule has 0 saturated carbocycles. The first kappa shape index (κ1) is 16.5. The van der Waals surface area contributed by atoms with Gasteiger partial charge in [-0.25, -0.2) is 4.57 Å². The highest BCUT2D eigenvalue weighted by Crippen LogP contribution is 2.33. The van der Waals surface area contributed by atoms with Crippen LogP contribution < -0.4 is 5.09 Å². The molecule has 0 heterocycles. The van der Waals surface area contributed by atoms with E-state index in [0.29, 0.717) is 37.0 Å². The fraction of sp³-hybridized carbons (Fsp3) is 0.267. The van der Waals surface area contributed by atoms with Gasteiger partial charge in [-0.3, -0.25) is 9.88 Å². The maximum absolute atomic E-state index is 11.9. The molecule has 0 amide bonds. The molecular weight excluding hydrogens is 305 g/mol. The minimum Gasteiger partial charge on any atom is -0.508 e. The number of nitrogens with one attached hydrogen (secondary N) is 1. The van der Waals surface area contributed by atoms with Gasteiger partial charge in [0, 0.05) is 17.7 Å². The second-order valence-corrected chi connectivity index (χ2v) is 6.42. The van der Waals surface area contributed by atoms with Gasteiger partial charge >= 0.3 is 7.75 Å². The van der Waals surface area contributed by atoms with Gasteiger partial charge in [0.1, 0.15) is 5.75 Å². The zero-order chi connectivity index (χ0) is 16.2. The average Bonchev–Trinajstić information content (AvgIpc) is 2.42. The number of hydrogen-bond donors (Lipinski definition) is 4. The predicted molar refractivity (Wildman–Crippen MR) is 82.0 cm³/mol.